The van der Waals surface area contributed by atoms with E-state index in [1.165, 1.54) is 18.5 Å². The number of aromatic nitrogens is 3. The van der Waals surface area contributed by atoms with Gasteiger partial charge in [-0.3, -0.25) is 4.79 Å². The van der Waals surface area contributed by atoms with Gasteiger partial charge in [-0.1, -0.05) is 24.3 Å². The minimum Gasteiger partial charge on any atom is -0.406 e. The summed E-state index contributed by atoms with van der Waals surface area (Å²) < 4.78 is 41.9. The molecule has 0 spiro atoms. The standard InChI is InChI=1S/C18H15F3N4O2/c19-18(20,21)27-16-7-5-15(6-8-16)17(26)23-9-13-1-3-14(4-2-13)10-25-12-22-11-24-25/h1-8,11-12H,9-10H2,(H,23,26). The molecule has 0 fully saturated rings. The molecule has 0 saturated carbocycles. The van der Waals surface area contributed by atoms with Crippen LogP contribution in [0.2, 0.25) is 0 Å². The molecular weight excluding hydrogens is 361 g/mol. The van der Waals surface area contributed by atoms with Crippen LogP contribution in [0.3, 0.4) is 0 Å². The number of amides is 1. The number of carbonyl (C=O) groups is 1. The van der Waals surface area contributed by atoms with Crippen molar-refractivity contribution in [3.63, 3.8) is 0 Å². The number of alkyl halides is 3. The molecule has 140 valence electrons. The lowest BCUT2D eigenvalue weighted by molar-refractivity contribution is -0.274. The van der Waals surface area contributed by atoms with Gasteiger partial charge in [0.25, 0.3) is 5.91 Å². The minimum absolute atomic E-state index is 0.243. The lowest BCUT2D eigenvalue weighted by Gasteiger charge is -2.10. The number of hydrogen-bond acceptors (Lipinski definition) is 4. The summed E-state index contributed by atoms with van der Waals surface area (Å²) in [6.45, 7) is 0.891. The molecule has 0 aliphatic heterocycles. The van der Waals surface area contributed by atoms with Crippen LogP contribution in [0.1, 0.15) is 21.5 Å². The Balaban J connectivity index is 1.52. The molecule has 0 bridgehead atoms. The highest BCUT2D eigenvalue weighted by Gasteiger charge is 2.31. The molecule has 0 radical (unpaired) electrons. The van der Waals surface area contributed by atoms with Crippen LogP contribution in [0.5, 0.6) is 5.75 Å². The number of ether oxygens (including phenoxy) is 1. The predicted octanol–water partition coefficient (Wildman–Crippen LogP) is 3.16. The van der Waals surface area contributed by atoms with Crippen molar-refractivity contribution in [1.82, 2.24) is 20.1 Å². The Morgan fingerprint density at radius 2 is 1.70 bits per heavy atom. The van der Waals surface area contributed by atoms with Crippen LogP contribution in [-0.2, 0) is 13.1 Å². The van der Waals surface area contributed by atoms with Gasteiger partial charge in [-0.05, 0) is 35.4 Å². The van der Waals surface area contributed by atoms with Crippen molar-refractivity contribution in [3.8, 4) is 5.75 Å². The Hall–Kier alpha value is -3.36. The first-order valence-corrected chi connectivity index (χ1v) is 7.93. The zero-order valence-corrected chi connectivity index (χ0v) is 14.0. The molecule has 1 N–H and O–H groups in total. The van der Waals surface area contributed by atoms with Crippen LogP contribution in [0.4, 0.5) is 13.2 Å². The molecule has 3 rings (SSSR count). The predicted molar refractivity (Wildman–Crippen MR) is 89.9 cm³/mol. The number of benzene rings is 2. The second kappa shape index (κ2) is 7.90. The molecular formula is C18H15F3N4O2. The molecule has 0 saturated heterocycles. The zero-order chi connectivity index (χ0) is 19.3. The van der Waals surface area contributed by atoms with Gasteiger partial charge in [0, 0.05) is 12.1 Å². The van der Waals surface area contributed by atoms with E-state index >= 15 is 0 Å². The average molecular weight is 376 g/mol. The van der Waals surface area contributed by atoms with Crippen molar-refractivity contribution in [2.45, 2.75) is 19.5 Å². The molecule has 0 aliphatic carbocycles. The molecule has 0 aliphatic rings. The van der Waals surface area contributed by atoms with Crippen LogP contribution in [-0.4, -0.2) is 27.0 Å². The van der Waals surface area contributed by atoms with Gasteiger partial charge in [0.1, 0.15) is 18.4 Å². The van der Waals surface area contributed by atoms with E-state index in [2.05, 4.69) is 20.1 Å². The fourth-order valence-electron chi connectivity index (χ4n) is 2.36. The Morgan fingerprint density at radius 3 is 2.30 bits per heavy atom. The Labute approximate surface area is 152 Å². The molecule has 9 heteroatoms. The SMILES string of the molecule is O=C(NCc1ccc(Cn2cncn2)cc1)c1ccc(OC(F)(F)F)cc1. The van der Waals surface area contributed by atoms with E-state index < -0.39 is 6.36 Å². The summed E-state index contributed by atoms with van der Waals surface area (Å²) in [4.78, 5) is 16.0. The molecule has 27 heavy (non-hydrogen) atoms. The third-order valence-electron chi connectivity index (χ3n) is 3.64. The van der Waals surface area contributed by atoms with E-state index in [0.717, 1.165) is 23.3 Å². The number of carbonyl (C=O) groups excluding carboxylic acids is 1. The normalized spacial score (nSPS) is 11.2. The zero-order valence-electron chi connectivity index (χ0n) is 14.0. The summed E-state index contributed by atoms with van der Waals surface area (Å²) in [7, 11) is 0. The Bertz CT molecular complexity index is 876. The molecule has 1 aromatic heterocycles. The Morgan fingerprint density at radius 1 is 1.04 bits per heavy atom. The third kappa shape index (κ3) is 5.56. The second-order valence-electron chi connectivity index (χ2n) is 5.66. The summed E-state index contributed by atoms with van der Waals surface area (Å²) in [5.74, 6) is -0.762. The second-order valence-corrected chi connectivity index (χ2v) is 5.66. The maximum Gasteiger partial charge on any atom is 0.573 e. The number of halogens is 3. The fourth-order valence-corrected chi connectivity index (χ4v) is 2.36. The Kier molecular flexibility index (Phi) is 5.39. The summed E-state index contributed by atoms with van der Waals surface area (Å²) >= 11 is 0. The van der Waals surface area contributed by atoms with E-state index in [9.17, 15) is 18.0 Å². The molecule has 1 amide bonds. The molecule has 2 aromatic carbocycles. The number of hydrogen-bond donors (Lipinski definition) is 1. The first kappa shape index (κ1) is 18.4. The van der Waals surface area contributed by atoms with Gasteiger partial charge in [-0.2, -0.15) is 5.10 Å². The van der Waals surface area contributed by atoms with Crippen molar-refractivity contribution in [2.75, 3.05) is 0 Å². The molecule has 6 nitrogen and oxygen atoms in total. The number of rotatable bonds is 6. The highest BCUT2D eigenvalue weighted by atomic mass is 19.4. The summed E-state index contributed by atoms with van der Waals surface area (Å²) in [6, 6.07) is 12.4. The molecule has 0 unspecified atom stereocenters. The topological polar surface area (TPSA) is 69.0 Å². The van der Waals surface area contributed by atoms with Gasteiger partial charge < -0.3 is 10.1 Å². The van der Waals surface area contributed by atoms with Crippen LogP contribution >= 0.6 is 0 Å². The smallest absolute Gasteiger partial charge is 0.406 e. The van der Waals surface area contributed by atoms with E-state index in [-0.39, 0.29) is 17.2 Å². The van der Waals surface area contributed by atoms with Crippen molar-refractivity contribution in [1.29, 1.82) is 0 Å². The average Bonchev–Trinajstić information content (AvgIpc) is 3.13. The number of nitrogens with zero attached hydrogens (tertiary/aromatic N) is 3. The molecule has 3 aromatic rings. The lowest BCUT2D eigenvalue weighted by atomic mass is 10.1. The monoisotopic (exact) mass is 376 g/mol. The van der Waals surface area contributed by atoms with Gasteiger partial charge in [0.15, 0.2) is 0 Å². The van der Waals surface area contributed by atoms with Crippen LogP contribution in [0.15, 0.2) is 61.2 Å². The van der Waals surface area contributed by atoms with E-state index in [1.807, 2.05) is 24.3 Å². The summed E-state index contributed by atoms with van der Waals surface area (Å²) in [6.07, 6.45) is -1.67. The van der Waals surface area contributed by atoms with Crippen molar-refractivity contribution >= 4 is 5.91 Å². The largest absolute Gasteiger partial charge is 0.573 e. The van der Waals surface area contributed by atoms with Crippen molar-refractivity contribution in [3.05, 3.63) is 77.9 Å². The van der Waals surface area contributed by atoms with E-state index in [0.29, 0.717) is 13.1 Å². The van der Waals surface area contributed by atoms with Crippen LogP contribution in [0.25, 0.3) is 0 Å². The van der Waals surface area contributed by atoms with Crippen LogP contribution in [0, 0.1) is 0 Å². The van der Waals surface area contributed by atoms with Gasteiger partial charge in [0.05, 0.1) is 6.54 Å². The van der Waals surface area contributed by atoms with E-state index in [4.69, 9.17) is 0 Å². The van der Waals surface area contributed by atoms with Crippen LogP contribution < -0.4 is 10.1 Å². The molecule has 0 atom stereocenters. The van der Waals surface area contributed by atoms with Gasteiger partial charge in [-0.25, -0.2) is 9.67 Å². The molecule has 1 heterocycles. The quantitative estimate of drug-likeness (QED) is 0.718. The van der Waals surface area contributed by atoms with Crippen molar-refractivity contribution < 1.29 is 22.7 Å². The third-order valence-corrected chi connectivity index (χ3v) is 3.64. The summed E-state index contributed by atoms with van der Waals surface area (Å²) in [5.41, 5.74) is 2.17. The highest BCUT2D eigenvalue weighted by Crippen LogP contribution is 2.22. The maximum absolute atomic E-state index is 12.1. The van der Waals surface area contributed by atoms with Gasteiger partial charge in [0.2, 0.25) is 0 Å². The summed E-state index contributed by atoms with van der Waals surface area (Å²) in [5, 5.41) is 6.75. The fraction of sp³-hybridized carbons (Fsp3) is 0.167. The first-order chi connectivity index (χ1) is 12.9. The van der Waals surface area contributed by atoms with Crippen molar-refractivity contribution in [2.24, 2.45) is 0 Å². The van der Waals surface area contributed by atoms with Gasteiger partial charge in [-0.15, -0.1) is 13.2 Å². The maximum atomic E-state index is 12.1. The lowest BCUT2D eigenvalue weighted by Crippen LogP contribution is -2.23. The van der Waals surface area contributed by atoms with E-state index in [1.54, 1.807) is 11.0 Å². The highest BCUT2D eigenvalue weighted by molar-refractivity contribution is 5.94. The van der Waals surface area contributed by atoms with Gasteiger partial charge >= 0.3 is 6.36 Å². The first-order valence-electron chi connectivity index (χ1n) is 7.93. The number of nitrogens with one attached hydrogen (secondary N) is 1. The minimum atomic E-state index is -4.76.